The van der Waals surface area contributed by atoms with Crippen LogP contribution >= 0.6 is 0 Å². The zero-order valence-electron chi connectivity index (χ0n) is 17.6. The fourth-order valence-corrected chi connectivity index (χ4v) is 7.98. The molecule has 0 aliphatic carbocycles. The van der Waals surface area contributed by atoms with Gasteiger partial charge in [0, 0.05) is 22.1 Å². The van der Waals surface area contributed by atoms with Gasteiger partial charge in [-0.1, -0.05) is 110 Å². The van der Waals surface area contributed by atoms with Gasteiger partial charge in [-0.2, -0.15) is 0 Å². The van der Waals surface area contributed by atoms with Gasteiger partial charge in [0.2, 0.25) is 0 Å². The molecule has 0 amide bonds. The normalized spacial score (nSPS) is 13.7. The van der Waals surface area contributed by atoms with Gasteiger partial charge in [0.05, 0.1) is 11.2 Å². The van der Waals surface area contributed by atoms with E-state index in [2.05, 4.69) is 85.9 Å². The minimum Gasteiger partial charge on any atom is -0.227 e. The molecule has 2 nitrogen and oxygen atoms in total. The van der Waals surface area contributed by atoms with E-state index in [1.807, 2.05) is 24.3 Å². The van der Waals surface area contributed by atoms with Crippen LogP contribution < -0.4 is 10.4 Å². The lowest BCUT2D eigenvalue weighted by Crippen LogP contribution is -2.49. The van der Waals surface area contributed by atoms with Gasteiger partial charge >= 0.3 is 0 Å². The fraction of sp³-hybridized carbons (Fsp3) is 0.0714. The van der Waals surface area contributed by atoms with Crippen LogP contribution in [0.1, 0.15) is 0 Å². The minimum atomic E-state index is -1.75. The highest BCUT2D eigenvalue weighted by Gasteiger charge is 2.38. The van der Waals surface area contributed by atoms with E-state index in [9.17, 15) is 0 Å². The third-order valence-electron chi connectivity index (χ3n) is 6.49. The molecule has 0 bridgehead atoms. The topological polar surface area (TPSA) is 25.8 Å². The summed E-state index contributed by atoms with van der Waals surface area (Å²) in [4.78, 5) is 10.2. The molecular weight excluding hydrogens is 392 g/mol. The van der Waals surface area contributed by atoms with Crippen LogP contribution in [0.25, 0.3) is 44.7 Å². The van der Waals surface area contributed by atoms with Crippen LogP contribution in [0.5, 0.6) is 0 Å². The van der Waals surface area contributed by atoms with Crippen molar-refractivity contribution >= 4 is 29.4 Å². The van der Waals surface area contributed by atoms with Gasteiger partial charge in [-0.3, -0.25) is 0 Å². The summed E-state index contributed by atoms with van der Waals surface area (Å²) in [6.07, 6.45) is 0. The van der Waals surface area contributed by atoms with E-state index in [-0.39, 0.29) is 0 Å². The summed E-state index contributed by atoms with van der Waals surface area (Å²) in [5.74, 6) is 0.782. The molecule has 0 N–H and O–H groups in total. The number of fused-ring (bicyclic) bond motifs is 5. The van der Waals surface area contributed by atoms with Gasteiger partial charge in [0.1, 0.15) is 8.07 Å². The van der Waals surface area contributed by atoms with E-state index in [0.29, 0.717) is 0 Å². The first-order chi connectivity index (χ1) is 15.1. The summed E-state index contributed by atoms with van der Waals surface area (Å²) in [6.45, 7) is 4.89. The molecule has 1 aromatic heterocycles. The smallest absolute Gasteiger partial charge is 0.160 e. The maximum atomic E-state index is 5.18. The lowest BCUT2D eigenvalue weighted by Gasteiger charge is -2.19. The van der Waals surface area contributed by atoms with Crippen molar-refractivity contribution in [2.45, 2.75) is 13.1 Å². The highest BCUT2D eigenvalue weighted by atomic mass is 28.3. The average molecular weight is 415 g/mol. The van der Waals surface area contributed by atoms with E-state index in [0.717, 1.165) is 33.5 Å². The second-order valence-corrected chi connectivity index (χ2v) is 13.0. The molecule has 0 atom stereocenters. The van der Waals surface area contributed by atoms with Gasteiger partial charge in [-0.15, -0.1) is 0 Å². The number of hydrogen-bond donors (Lipinski definition) is 0. The van der Waals surface area contributed by atoms with Crippen molar-refractivity contribution in [3.05, 3.63) is 97.1 Å². The molecule has 31 heavy (non-hydrogen) atoms. The van der Waals surface area contributed by atoms with E-state index < -0.39 is 8.07 Å². The van der Waals surface area contributed by atoms with Crippen molar-refractivity contribution in [1.29, 1.82) is 0 Å². The Balaban J connectivity index is 1.76. The zero-order valence-corrected chi connectivity index (χ0v) is 18.6. The van der Waals surface area contributed by atoms with Crippen LogP contribution in [0.4, 0.5) is 0 Å². The van der Waals surface area contributed by atoms with Gasteiger partial charge in [0.25, 0.3) is 0 Å². The summed E-state index contributed by atoms with van der Waals surface area (Å²) >= 11 is 0. The average Bonchev–Trinajstić information content (AvgIpc) is 3.07. The van der Waals surface area contributed by atoms with Gasteiger partial charge < -0.3 is 0 Å². The van der Waals surface area contributed by atoms with Crippen molar-refractivity contribution < 1.29 is 0 Å². The van der Waals surface area contributed by atoms with E-state index in [1.54, 1.807) is 0 Å². The van der Waals surface area contributed by atoms with Crippen LogP contribution in [0.3, 0.4) is 0 Å². The summed E-state index contributed by atoms with van der Waals surface area (Å²) in [6, 6.07) is 34.2. The summed E-state index contributed by atoms with van der Waals surface area (Å²) in [7, 11) is -1.75. The minimum absolute atomic E-state index is 0.782. The molecule has 4 aromatic carbocycles. The third-order valence-corrected chi connectivity index (χ3v) is 10.0. The van der Waals surface area contributed by atoms with E-state index in [4.69, 9.17) is 9.97 Å². The van der Waals surface area contributed by atoms with E-state index >= 15 is 0 Å². The number of hydrogen-bond acceptors (Lipinski definition) is 2. The Morgan fingerprint density at radius 2 is 1.23 bits per heavy atom. The quantitative estimate of drug-likeness (QED) is 0.343. The number of benzene rings is 4. The van der Waals surface area contributed by atoms with Gasteiger partial charge in [0.15, 0.2) is 5.82 Å². The maximum Gasteiger partial charge on any atom is 0.160 e. The Hall–Kier alpha value is -3.56. The monoisotopic (exact) mass is 414 g/mol. The molecule has 1 aliphatic heterocycles. The van der Waals surface area contributed by atoms with Crippen LogP contribution in [0, 0.1) is 0 Å². The predicted molar refractivity (Wildman–Crippen MR) is 133 cm³/mol. The van der Waals surface area contributed by atoms with E-state index in [1.165, 1.54) is 21.5 Å². The number of rotatable bonds is 2. The molecule has 3 heteroatoms. The highest BCUT2D eigenvalue weighted by Crippen LogP contribution is 2.37. The standard InChI is InChI=1S/C28H22N2Si/c1-31(2)23-16-10-9-15-21(23)25-24(31)18-17-22-26(19-11-5-3-6-12-19)29-28(30-27(22)25)20-13-7-4-8-14-20/h3-18H,1-2H3. The second kappa shape index (κ2) is 6.72. The lowest BCUT2D eigenvalue weighted by atomic mass is 9.99. The Labute approximate surface area is 183 Å². The lowest BCUT2D eigenvalue weighted by molar-refractivity contribution is 1.23. The molecule has 5 aromatic rings. The van der Waals surface area contributed by atoms with Crippen molar-refractivity contribution in [3.8, 4) is 33.8 Å². The second-order valence-electron chi connectivity index (χ2n) is 8.68. The molecule has 6 rings (SSSR count). The molecule has 0 saturated carbocycles. The third kappa shape index (κ3) is 2.70. The maximum absolute atomic E-state index is 5.18. The van der Waals surface area contributed by atoms with Gasteiger partial charge in [-0.05, 0) is 15.9 Å². The van der Waals surface area contributed by atoms with Crippen molar-refractivity contribution in [2.75, 3.05) is 0 Å². The summed E-state index contributed by atoms with van der Waals surface area (Å²) in [5.41, 5.74) is 6.88. The van der Waals surface area contributed by atoms with Crippen molar-refractivity contribution in [2.24, 2.45) is 0 Å². The van der Waals surface area contributed by atoms with Crippen LogP contribution in [-0.2, 0) is 0 Å². The molecule has 2 heterocycles. The fourth-order valence-electron chi connectivity index (χ4n) is 4.91. The van der Waals surface area contributed by atoms with Crippen molar-refractivity contribution in [1.82, 2.24) is 9.97 Å². The largest absolute Gasteiger partial charge is 0.227 e. The van der Waals surface area contributed by atoms with Crippen molar-refractivity contribution in [3.63, 3.8) is 0 Å². The first-order valence-corrected chi connectivity index (χ1v) is 13.7. The summed E-state index contributed by atoms with van der Waals surface area (Å²) < 4.78 is 0. The Kier molecular flexibility index (Phi) is 3.95. The SMILES string of the molecule is C[Si]1(C)c2ccccc2-c2c1ccc1c(-c3ccccc3)nc(-c3ccccc3)nc21. The Bertz CT molecular complexity index is 1440. The van der Waals surface area contributed by atoms with Crippen LogP contribution in [-0.4, -0.2) is 18.0 Å². The molecule has 0 unspecified atom stereocenters. The molecule has 0 radical (unpaired) electrons. The Morgan fingerprint density at radius 1 is 0.581 bits per heavy atom. The number of nitrogens with zero attached hydrogens (tertiary/aromatic N) is 2. The highest BCUT2D eigenvalue weighted by molar-refractivity contribution is 7.04. The molecule has 1 aliphatic rings. The molecule has 148 valence electrons. The Morgan fingerprint density at radius 3 is 1.97 bits per heavy atom. The number of aromatic nitrogens is 2. The van der Waals surface area contributed by atoms with Crippen LogP contribution in [0.2, 0.25) is 13.1 Å². The predicted octanol–water partition coefficient (Wildman–Crippen LogP) is 5.77. The molecule has 0 fully saturated rings. The molecule has 0 spiro atoms. The van der Waals surface area contributed by atoms with Gasteiger partial charge in [-0.25, -0.2) is 9.97 Å². The van der Waals surface area contributed by atoms with Crippen LogP contribution in [0.15, 0.2) is 97.1 Å². The zero-order chi connectivity index (χ0) is 21.0. The first-order valence-electron chi connectivity index (χ1n) is 10.7. The first kappa shape index (κ1) is 18.2. The molecule has 0 saturated heterocycles. The summed E-state index contributed by atoms with van der Waals surface area (Å²) in [5, 5.41) is 4.09. The molecular formula is C28H22N2Si.